The van der Waals surface area contributed by atoms with Crippen LogP contribution in [-0.2, 0) is 23.1 Å². The number of quaternary nitrogens is 1. The van der Waals surface area contributed by atoms with Gasteiger partial charge in [0.1, 0.15) is 19.3 Å². The number of phosphoric ester groups is 1. The first-order chi connectivity index (χ1) is 21.5. The summed E-state index contributed by atoms with van der Waals surface area (Å²) in [4.78, 5) is 10.2. The molecule has 0 saturated carbocycles. The second-order valence-electron chi connectivity index (χ2n) is 16.7. The number of hydrogen-bond donors (Lipinski definition) is 1. The van der Waals surface area contributed by atoms with Gasteiger partial charge in [0.15, 0.2) is 0 Å². The van der Waals surface area contributed by atoms with Crippen molar-refractivity contribution >= 4 is 7.82 Å². The first-order valence-corrected chi connectivity index (χ1v) is 20.6. The summed E-state index contributed by atoms with van der Waals surface area (Å²) in [5.74, 6) is 4.40. The van der Waals surface area contributed by atoms with E-state index in [0.717, 1.165) is 36.5 Å². The van der Waals surface area contributed by atoms with E-state index in [4.69, 9.17) is 18.5 Å². The number of rotatable bonds is 32. The Kier molecular flexibility index (Phi) is 29.9. The normalized spacial score (nSPS) is 16.9. The number of hydrogen-bond acceptors (Lipinski definition) is 6. The average molecular weight is 696 g/mol. The summed E-state index contributed by atoms with van der Waals surface area (Å²) in [5, 5.41) is 0. The van der Waals surface area contributed by atoms with Crippen LogP contribution in [-0.4, -0.2) is 81.7 Å². The molecule has 0 rings (SSSR count). The van der Waals surface area contributed by atoms with Gasteiger partial charge < -0.3 is 24.3 Å². The van der Waals surface area contributed by atoms with Gasteiger partial charge in [-0.15, -0.1) is 0 Å². The summed E-state index contributed by atoms with van der Waals surface area (Å²) in [6.07, 6.45) is 17.2. The maximum Gasteiger partial charge on any atom is 0.472 e. The lowest BCUT2D eigenvalue weighted by molar-refractivity contribution is -0.870. The van der Waals surface area contributed by atoms with Gasteiger partial charge in [0.25, 0.3) is 0 Å². The molecule has 0 fully saturated rings. The maximum atomic E-state index is 12.5. The van der Waals surface area contributed by atoms with Crippen LogP contribution in [0.4, 0.5) is 0 Å². The Morgan fingerprint density at radius 1 is 0.553 bits per heavy atom. The van der Waals surface area contributed by atoms with E-state index < -0.39 is 13.9 Å². The summed E-state index contributed by atoms with van der Waals surface area (Å²) in [6.45, 7) is 21.0. The van der Waals surface area contributed by atoms with E-state index in [2.05, 4.69) is 55.4 Å². The first-order valence-electron chi connectivity index (χ1n) is 19.1. The van der Waals surface area contributed by atoms with E-state index in [1.165, 1.54) is 77.0 Å². The average Bonchev–Trinajstić information content (AvgIpc) is 2.92. The highest BCUT2D eigenvalue weighted by Crippen LogP contribution is 2.43. The molecule has 47 heavy (non-hydrogen) atoms. The largest absolute Gasteiger partial charge is 0.870 e. The molecule has 0 aliphatic rings. The van der Waals surface area contributed by atoms with Crippen LogP contribution in [0.5, 0.6) is 0 Å². The summed E-state index contributed by atoms with van der Waals surface area (Å²) in [5.41, 5.74) is 0. The number of nitrogens with zero attached hydrogens (tertiary/aromatic N) is 1. The van der Waals surface area contributed by atoms with Crippen molar-refractivity contribution in [1.82, 2.24) is 0 Å². The SMILES string of the molecule is CC(C)CCCC(C)CCCC(C)CCOCC(COP(=O)(O)OCC[N+](C)(C)C)OCCC(C)CCCC(C)CCCC(C)C.[OH-]. The van der Waals surface area contributed by atoms with Crippen LogP contribution >= 0.6 is 7.82 Å². The zero-order chi connectivity index (χ0) is 35.0. The Labute approximate surface area is 292 Å². The van der Waals surface area contributed by atoms with Crippen LogP contribution in [0.25, 0.3) is 0 Å². The van der Waals surface area contributed by atoms with Crippen molar-refractivity contribution in [3.05, 3.63) is 0 Å². The van der Waals surface area contributed by atoms with Crippen molar-refractivity contribution in [3.8, 4) is 0 Å². The topological polar surface area (TPSA) is 104 Å². The second kappa shape index (κ2) is 28.6. The summed E-state index contributed by atoms with van der Waals surface area (Å²) < 4.78 is 36.0. The minimum Gasteiger partial charge on any atom is -0.870 e. The third-order valence-corrected chi connectivity index (χ3v) is 10.2. The molecule has 0 amide bonds. The zero-order valence-electron chi connectivity index (χ0n) is 33.0. The van der Waals surface area contributed by atoms with Crippen molar-refractivity contribution in [2.75, 3.05) is 60.7 Å². The van der Waals surface area contributed by atoms with Crippen molar-refractivity contribution in [2.45, 2.75) is 151 Å². The Morgan fingerprint density at radius 3 is 1.38 bits per heavy atom. The van der Waals surface area contributed by atoms with Gasteiger partial charge in [-0.2, -0.15) is 0 Å². The smallest absolute Gasteiger partial charge is 0.472 e. The number of likely N-dealkylation sites (N-methyl/N-ethyl adjacent to an activating group) is 1. The molecular weight excluding hydrogens is 613 g/mol. The van der Waals surface area contributed by atoms with Gasteiger partial charge in [-0.05, 0) is 48.3 Å². The van der Waals surface area contributed by atoms with Gasteiger partial charge in [0, 0.05) is 13.2 Å². The van der Waals surface area contributed by atoms with E-state index in [9.17, 15) is 9.46 Å². The Hall–Kier alpha value is -0.0500. The fourth-order valence-corrected chi connectivity index (χ4v) is 6.42. The standard InChI is InChI=1S/C38H80NO6P.H2O/c1-32(2)16-12-18-34(5)20-14-22-36(7)24-27-42-30-38(31-45-46(40,41)44-29-26-39(9,10)11)43-28-25-37(8)23-15-21-35(6)19-13-17-33(3)4;/h32-38H,12-31H2,1-11H3;1H2. The molecule has 9 heteroatoms. The molecule has 0 aromatic rings. The molecule has 0 aromatic heterocycles. The predicted octanol–water partition coefficient (Wildman–Crippen LogP) is 10.4. The molecule has 0 saturated heterocycles. The zero-order valence-corrected chi connectivity index (χ0v) is 33.9. The lowest BCUT2D eigenvalue weighted by atomic mass is 9.93. The monoisotopic (exact) mass is 696 g/mol. The molecule has 0 bridgehead atoms. The molecule has 6 atom stereocenters. The second-order valence-corrected chi connectivity index (χ2v) is 18.1. The van der Waals surface area contributed by atoms with E-state index in [-0.39, 0.29) is 18.7 Å². The van der Waals surface area contributed by atoms with E-state index in [0.29, 0.717) is 42.7 Å². The Bertz CT molecular complexity index is 746. The first kappa shape index (κ1) is 49.1. The van der Waals surface area contributed by atoms with Crippen molar-refractivity contribution in [2.24, 2.45) is 35.5 Å². The highest BCUT2D eigenvalue weighted by molar-refractivity contribution is 7.47. The van der Waals surface area contributed by atoms with E-state index in [1.54, 1.807) is 0 Å². The minimum absolute atomic E-state index is 0. The highest BCUT2D eigenvalue weighted by Gasteiger charge is 2.25. The quantitative estimate of drug-likeness (QED) is 0.0424. The highest BCUT2D eigenvalue weighted by atomic mass is 31.2. The van der Waals surface area contributed by atoms with Gasteiger partial charge in [-0.25, -0.2) is 4.57 Å². The molecule has 6 unspecified atom stereocenters. The molecule has 0 radical (unpaired) electrons. The fraction of sp³-hybridized carbons (Fsp3) is 1.00. The van der Waals surface area contributed by atoms with Gasteiger partial charge in [0.05, 0.1) is 34.4 Å². The maximum absolute atomic E-state index is 12.5. The summed E-state index contributed by atoms with van der Waals surface area (Å²) in [7, 11) is 1.89. The van der Waals surface area contributed by atoms with Crippen molar-refractivity contribution in [1.29, 1.82) is 0 Å². The third kappa shape index (κ3) is 34.2. The van der Waals surface area contributed by atoms with Crippen LogP contribution in [0.3, 0.4) is 0 Å². The minimum atomic E-state index is -4.16. The van der Waals surface area contributed by atoms with Crippen LogP contribution in [0.15, 0.2) is 0 Å². The summed E-state index contributed by atoms with van der Waals surface area (Å²) in [6, 6.07) is 0. The summed E-state index contributed by atoms with van der Waals surface area (Å²) >= 11 is 0. The molecule has 0 aliphatic carbocycles. The number of phosphoric acid groups is 1. The fourth-order valence-electron chi connectivity index (χ4n) is 5.68. The van der Waals surface area contributed by atoms with Crippen LogP contribution in [0.1, 0.15) is 145 Å². The van der Waals surface area contributed by atoms with Crippen LogP contribution in [0.2, 0.25) is 0 Å². The predicted molar refractivity (Wildman–Crippen MR) is 198 cm³/mol. The third-order valence-electron chi connectivity index (χ3n) is 9.21. The Balaban J connectivity index is 0. The van der Waals surface area contributed by atoms with Gasteiger partial charge in [-0.3, -0.25) is 9.05 Å². The van der Waals surface area contributed by atoms with Crippen molar-refractivity contribution < 1.29 is 37.9 Å². The lowest BCUT2D eigenvalue weighted by Crippen LogP contribution is -2.37. The number of ether oxygens (including phenoxy) is 2. The molecule has 0 heterocycles. The molecular formula is C38H82NO7P. The molecule has 0 aromatic carbocycles. The molecule has 8 nitrogen and oxygen atoms in total. The van der Waals surface area contributed by atoms with E-state index in [1.807, 2.05) is 21.1 Å². The van der Waals surface area contributed by atoms with Gasteiger partial charge >= 0.3 is 7.82 Å². The molecule has 0 aliphatic heterocycles. The lowest BCUT2D eigenvalue weighted by Gasteiger charge is -2.24. The molecule has 286 valence electrons. The molecule has 2 N–H and O–H groups in total. The Morgan fingerprint density at radius 2 is 0.957 bits per heavy atom. The van der Waals surface area contributed by atoms with E-state index >= 15 is 0 Å². The molecule has 0 spiro atoms. The van der Waals surface area contributed by atoms with Crippen molar-refractivity contribution in [3.63, 3.8) is 0 Å². The van der Waals surface area contributed by atoms with Crippen LogP contribution in [0, 0.1) is 35.5 Å². The van der Waals surface area contributed by atoms with Crippen LogP contribution < -0.4 is 0 Å². The van der Waals surface area contributed by atoms with Gasteiger partial charge in [-0.1, -0.05) is 132 Å². The van der Waals surface area contributed by atoms with Gasteiger partial charge in [0.2, 0.25) is 0 Å².